The summed E-state index contributed by atoms with van der Waals surface area (Å²) in [5.41, 5.74) is 0.760. The van der Waals surface area contributed by atoms with Gasteiger partial charge in [-0.1, -0.05) is 17.7 Å². The summed E-state index contributed by atoms with van der Waals surface area (Å²) in [4.78, 5) is 10.3. The second-order valence-corrected chi connectivity index (χ2v) is 7.24. The molecule has 10 heteroatoms. The van der Waals surface area contributed by atoms with Gasteiger partial charge in [0.2, 0.25) is 0 Å². The summed E-state index contributed by atoms with van der Waals surface area (Å²) < 4.78 is 27.4. The molecular weight excluding hydrogens is 370 g/mol. The van der Waals surface area contributed by atoms with Crippen LogP contribution < -0.4 is 10.0 Å². The maximum atomic E-state index is 12.6. The first-order valence-electron chi connectivity index (χ1n) is 7.17. The van der Waals surface area contributed by atoms with Crippen LogP contribution in [-0.4, -0.2) is 31.6 Å². The Labute approximate surface area is 149 Å². The molecule has 0 heterocycles. The lowest BCUT2D eigenvalue weighted by atomic mass is 10.2. The molecule has 0 aliphatic rings. The van der Waals surface area contributed by atoms with E-state index in [4.69, 9.17) is 16.7 Å². The SMILES string of the molecule is Cc1ccc(S(=O)(=O)Nc2cc([N+](=O)[O-])ccc2NCCO)cc1Cl. The number of anilines is 2. The van der Waals surface area contributed by atoms with Gasteiger partial charge in [-0.3, -0.25) is 14.8 Å². The molecule has 0 bridgehead atoms. The first-order valence-corrected chi connectivity index (χ1v) is 9.03. The van der Waals surface area contributed by atoms with Crippen molar-refractivity contribution in [1.29, 1.82) is 0 Å². The van der Waals surface area contributed by atoms with E-state index < -0.39 is 14.9 Å². The molecule has 0 radical (unpaired) electrons. The zero-order chi connectivity index (χ0) is 18.6. The summed E-state index contributed by atoms with van der Waals surface area (Å²) in [7, 11) is -4.00. The number of aliphatic hydroxyl groups excluding tert-OH is 1. The topological polar surface area (TPSA) is 122 Å². The van der Waals surface area contributed by atoms with Gasteiger partial charge in [0.05, 0.1) is 27.8 Å². The molecule has 2 aromatic carbocycles. The average Bonchev–Trinajstić information content (AvgIpc) is 2.55. The lowest BCUT2D eigenvalue weighted by Gasteiger charge is -2.14. The summed E-state index contributed by atoms with van der Waals surface area (Å²) in [6.45, 7) is 1.71. The van der Waals surface area contributed by atoms with Gasteiger partial charge >= 0.3 is 0 Å². The molecule has 2 aromatic rings. The Morgan fingerprint density at radius 1 is 1.20 bits per heavy atom. The van der Waals surface area contributed by atoms with E-state index in [2.05, 4.69) is 10.0 Å². The van der Waals surface area contributed by atoms with Crippen molar-refractivity contribution in [1.82, 2.24) is 0 Å². The van der Waals surface area contributed by atoms with Gasteiger partial charge in [0.15, 0.2) is 0 Å². The Hall–Kier alpha value is -2.36. The Morgan fingerprint density at radius 3 is 2.52 bits per heavy atom. The highest BCUT2D eigenvalue weighted by Gasteiger charge is 2.19. The predicted octanol–water partition coefficient (Wildman–Crippen LogP) is 2.76. The molecule has 0 atom stereocenters. The van der Waals surface area contributed by atoms with Gasteiger partial charge in [-0.15, -0.1) is 0 Å². The smallest absolute Gasteiger partial charge is 0.271 e. The third-order valence-corrected chi connectivity index (χ3v) is 5.11. The van der Waals surface area contributed by atoms with Gasteiger partial charge < -0.3 is 10.4 Å². The van der Waals surface area contributed by atoms with Crippen LogP contribution in [0.4, 0.5) is 17.1 Å². The van der Waals surface area contributed by atoms with Crippen LogP contribution in [0.1, 0.15) is 5.56 Å². The quantitative estimate of drug-likeness (QED) is 0.497. The van der Waals surface area contributed by atoms with Crippen molar-refractivity contribution in [2.24, 2.45) is 0 Å². The maximum absolute atomic E-state index is 12.6. The number of non-ortho nitro benzene ring substituents is 1. The number of rotatable bonds is 7. The van der Waals surface area contributed by atoms with Crippen molar-refractivity contribution in [3.63, 3.8) is 0 Å². The highest BCUT2D eigenvalue weighted by Crippen LogP contribution is 2.30. The summed E-state index contributed by atoms with van der Waals surface area (Å²) in [5.74, 6) is 0. The van der Waals surface area contributed by atoms with Crippen molar-refractivity contribution in [3.8, 4) is 0 Å². The Morgan fingerprint density at radius 2 is 1.92 bits per heavy atom. The van der Waals surface area contributed by atoms with Crippen LogP contribution in [0, 0.1) is 17.0 Å². The van der Waals surface area contributed by atoms with Gasteiger partial charge in [-0.05, 0) is 30.7 Å². The zero-order valence-electron chi connectivity index (χ0n) is 13.2. The molecular formula is C15H16ClN3O5S. The van der Waals surface area contributed by atoms with Crippen LogP contribution in [0.15, 0.2) is 41.3 Å². The van der Waals surface area contributed by atoms with E-state index >= 15 is 0 Å². The van der Waals surface area contributed by atoms with Crippen LogP contribution in [0.5, 0.6) is 0 Å². The number of hydrogen-bond donors (Lipinski definition) is 3. The number of nitro groups is 1. The van der Waals surface area contributed by atoms with E-state index in [1.54, 1.807) is 13.0 Å². The summed E-state index contributed by atoms with van der Waals surface area (Å²) in [5, 5.41) is 22.9. The molecule has 0 unspecified atom stereocenters. The number of aryl methyl sites for hydroxylation is 1. The third kappa shape index (κ3) is 4.59. The number of nitrogens with one attached hydrogen (secondary N) is 2. The minimum Gasteiger partial charge on any atom is -0.395 e. The van der Waals surface area contributed by atoms with Crippen molar-refractivity contribution in [2.45, 2.75) is 11.8 Å². The van der Waals surface area contributed by atoms with Crippen molar-refractivity contribution < 1.29 is 18.4 Å². The molecule has 25 heavy (non-hydrogen) atoms. The summed E-state index contributed by atoms with van der Waals surface area (Å²) in [6, 6.07) is 7.97. The highest BCUT2D eigenvalue weighted by atomic mass is 35.5. The number of aliphatic hydroxyl groups is 1. The van der Waals surface area contributed by atoms with Gasteiger partial charge in [0.25, 0.3) is 15.7 Å². The molecule has 3 N–H and O–H groups in total. The number of nitrogens with zero attached hydrogens (tertiary/aromatic N) is 1. The molecule has 0 spiro atoms. The number of halogens is 1. The maximum Gasteiger partial charge on any atom is 0.271 e. The van der Waals surface area contributed by atoms with Gasteiger partial charge in [0, 0.05) is 23.7 Å². The van der Waals surface area contributed by atoms with Gasteiger partial charge in [0.1, 0.15) is 0 Å². The first-order chi connectivity index (χ1) is 11.7. The van der Waals surface area contributed by atoms with E-state index in [1.807, 2.05) is 0 Å². The number of hydrogen-bond acceptors (Lipinski definition) is 6. The molecule has 0 aliphatic carbocycles. The molecule has 0 aliphatic heterocycles. The molecule has 0 amide bonds. The average molecular weight is 386 g/mol. The lowest BCUT2D eigenvalue weighted by Crippen LogP contribution is -2.15. The Kier molecular flexibility index (Phi) is 5.83. The monoisotopic (exact) mass is 385 g/mol. The fourth-order valence-electron chi connectivity index (χ4n) is 2.02. The Balaban J connectivity index is 2.43. The minimum absolute atomic E-state index is 0.000604. The lowest BCUT2D eigenvalue weighted by molar-refractivity contribution is -0.384. The fourth-order valence-corrected chi connectivity index (χ4v) is 3.36. The Bertz CT molecular complexity index is 902. The van der Waals surface area contributed by atoms with E-state index in [-0.39, 0.29) is 29.4 Å². The van der Waals surface area contributed by atoms with Crippen LogP contribution >= 0.6 is 11.6 Å². The van der Waals surface area contributed by atoms with Crippen molar-refractivity contribution >= 4 is 38.7 Å². The second kappa shape index (κ2) is 7.68. The molecule has 0 fully saturated rings. The van der Waals surface area contributed by atoms with E-state index in [0.717, 1.165) is 11.6 Å². The number of benzene rings is 2. The molecule has 8 nitrogen and oxygen atoms in total. The van der Waals surface area contributed by atoms with Crippen LogP contribution in [0.2, 0.25) is 5.02 Å². The summed E-state index contributed by atoms with van der Waals surface area (Å²) >= 11 is 5.97. The minimum atomic E-state index is -4.00. The van der Waals surface area contributed by atoms with Crippen molar-refractivity contribution in [2.75, 3.05) is 23.2 Å². The van der Waals surface area contributed by atoms with Crippen molar-refractivity contribution in [3.05, 3.63) is 57.1 Å². The summed E-state index contributed by atoms with van der Waals surface area (Å²) in [6.07, 6.45) is 0. The molecule has 0 saturated heterocycles. The highest BCUT2D eigenvalue weighted by molar-refractivity contribution is 7.92. The molecule has 134 valence electrons. The zero-order valence-corrected chi connectivity index (χ0v) is 14.8. The fraction of sp³-hybridized carbons (Fsp3) is 0.200. The normalized spacial score (nSPS) is 11.2. The van der Waals surface area contributed by atoms with Crippen LogP contribution in [0.3, 0.4) is 0 Å². The second-order valence-electron chi connectivity index (χ2n) is 5.15. The molecule has 0 saturated carbocycles. The largest absolute Gasteiger partial charge is 0.395 e. The van der Waals surface area contributed by atoms with Crippen LogP contribution in [-0.2, 0) is 10.0 Å². The van der Waals surface area contributed by atoms with Gasteiger partial charge in [-0.2, -0.15) is 0 Å². The van der Waals surface area contributed by atoms with E-state index in [0.29, 0.717) is 10.7 Å². The number of nitro benzene ring substituents is 1. The van der Waals surface area contributed by atoms with E-state index in [9.17, 15) is 18.5 Å². The van der Waals surface area contributed by atoms with Gasteiger partial charge in [-0.25, -0.2) is 8.42 Å². The molecule has 0 aromatic heterocycles. The molecule has 2 rings (SSSR count). The number of sulfonamides is 1. The first kappa shape index (κ1) is 19.0. The standard InChI is InChI=1S/C15H16ClN3O5S/c1-10-2-4-12(9-13(10)16)25(23,24)18-15-8-11(19(21)22)3-5-14(15)17-6-7-20/h2-5,8-9,17-18,20H,6-7H2,1H3. The van der Waals surface area contributed by atoms with Crippen LogP contribution in [0.25, 0.3) is 0 Å². The van der Waals surface area contributed by atoms with E-state index in [1.165, 1.54) is 24.3 Å². The third-order valence-electron chi connectivity index (χ3n) is 3.34. The predicted molar refractivity (Wildman–Crippen MR) is 95.7 cm³/mol.